The van der Waals surface area contributed by atoms with Gasteiger partial charge in [0.15, 0.2) is 0 Å². The van der Waals surface area contributed by atoms with Gasteiger partial charge in [0.05, 0.1) is 24.2 Å². The summed E-state index contributed by atoms with van der Waals surface area (Å²) in [6, 6.07) is 6.63. The third-order valence-electron chi connectivity index (χ3n) is 2.49. The van der Waals surface area contributed by atoms with Crippen molar-refractivity contribution in [1.82, 2.24) is 0 Å². The lowest BCUT2D eigenvalue weighted by Gasteiger charge is -2.19. The number of alkyl halides is 1. The van der Waals surface area contributed by atoms with Crippen molar-refractivity contribution >= 4 is 21.9 Å². The van der Waals surface area contributed by atoms with E-state index in [-0.39, 0.29) is 0 Å². The van der Waals surface area contributed by atoms with Crippen molar-refractivity contribution in [2.75, 3.05) is 0 Å². The quantitative estimate of drug-likeness (QED) is 0.712. The Morgan fingerprint density at radius 3 is 2.61 bits per heavy atom. The highest BCUT2D eigenvalue weighted by atomic mass is 79.9. The van der Waals surface area contributed by atoms with E-state index in [4.69, 9.17) is 10.4 Å². The molecule has 0 aliphatic rings. The number of nitriles is 1. The van der Waals surface area contributed by atoms with E-state index in [1.165, 1.54) is 6.07 Å². The first kappa shape index (κ1) is 14.6. The molecule has 96 valence electrons. The summed E-state index contributed by atoms with van der Waals surface area (Å²) in [4.78, 5) is 10.5. The van der Waals surface area contributed by atoms with Crippen molar-refractivity contribution in [3.63, 3.8) is 0 Å². The van der Waals surface area contributed by atoms with Gasteiger partial charge in [-0.1, -0.05) is 22.0 Å². The number of aliphatic hydroxyl groups is 2. The van der Waals surface area contributed by atoms with Crippen molar-refractivity contribution in [2.45, 2.75) is 24.0 Å². The van der Waals surface area contributed by atoms with Gasteiger partial charge in [-0.25, -0.2) is 0 Å². The molecule has 5 nitrogen and oxygen atoms in total. The normalized spacial score (nSPS) is 13.7. The molecular weight excluding hydrogens is 302 g/mol. The largest absolute Gasteiger partial charge is 0.481 e. The highest BCUT2D eigenvalue weighted by Crippen LogP contribution is 2.25. The van der Waals surface area contributed by atoms with Gasteiger partial charge in [0.1, 0.15) is 6.10 Å². The predicted molar refractivity (Wildman–Crippen MR) is 67.0 cm³/mol. The average Bonchev–Trinajstić information content (AvgIpc) is 2.36. The number of nitrogens with zero attached hydrogens (tertiary/aromatic N) is 1. The van der Waals surface area contributed by atoms with Crippen LogP contribution in [0.1, 0.15) is 29.2 Å². The Balaban J connectivity index is 3.06. The summed E-state index contributed by atoms with van der Waals surface area (Å²) in [5.74, 6) is -1.20. The molecule has 0 saturated carbocycles. The van der Waals surface area contributed by atoms with E-state index in [2.05, 4.69) is 15.9 Å². The average molecular weight is 314 g/mol. The van der Waals surface area contributed by atoms with Crippen LogP contribution in [0.25, 0.3) is 0 Å². The van der Waals surface area contributed by atoms with Gasteiger partial charge >= 0.3 is 5.97 Å². The van der Waals surface area contributed by atoms with E-state index in [0.717, 1.165) is 0 Å². The number of benzene rings is 1. The number of carbonyl (C=O) groups is 1. The van der Waals surface area contributed by atoms with E-state index in [1.54, 1.807) is 12.1 Å². The van der Waals surface area contributed by atoms with Gasteiger partial charge in [0.25, 0.3) is 0 Å². The summed E-state index contributed by atoms with van der Waals surface area (Å²) in [6.07, 6.45) is -3.30. The lowest BCUT2D eigenvalue weighted by atomic mass is 9.96. The van der Waals surface area contributed by atoms with Crippen LogP contribution in [-0.4, -0.2) is 27.4 Å². The Labute approximate surface area is 112 Å². The monoisotopic (exact) mass is 313 g/mol. The molecule has 0 aliphatic heterocycles. The second kappa shape index (κ2) is 6.50. The van der Waals surface area contributed by atoms with Crippen LogP contribution in [0.2, 0.25) is 0 Å². The van der Waals surface area contributed by atoms with Crippen LogP contribution in [0.15, 0.2) is 18.2 Å². The van der Waals surface area contributed by atoms with Crippen LogP contribution < -0.4 is 0 Å². The molecule has 1 rings (SSSR count). The Morgan fingerprint density at radius 2 is 2.11 bits per heavy atom. The van der Waals surface area contributed by atoms with Crippen LogP contribution in [0.5, 0.6) is 0 Å². The van der Waals surface area contributed by atoms with E-state index >= 15 is 0 Å². The summed E-state index contributed by atoms with van der Waals surface area (Å²) >= 11 is 3.23. The van der Waals surface area contributed by atoms with Crippen LogP contribution in [0, 0.1) is 11.3 Å². The van der Waals surface area contributed by atoms with Gasteiger partial charge < -0.3 is 15.3 Å². The molecule has 0 bridgehead atoms. The second-order valence-corrected chi connectivity index (χ2v) is 4.33. The van der Waals surface area contributed by atoms with E-state index in [0.29, 0.717) is 22.0 Å². The van der Waals surface area contributed by atoms with E-state index in [1.807, 2.05) is 6.07 Å². The van der Waals surface area contributed by atoms with Crippen LogP contribution in [-0.2, 0) is 10.1 Å². The fraction of sp³-hybridized carbons (Fsp3) is 0.333. The minimum absolute atomic E-state index is 0.344. The molecular formula is C12H12BrNO4. The number of aliphatic hydroxyl groups excluding tert-OH is 2. The smallest absolute Gasteiger partial charge is 0.306 e. The van der Waals surface area contributed by atoms with Gasteiger partial charge in [-0.15, -0.1) is 0 Å². The lowest BCUT2D eigenvalue weighted by molar-refractivity contribution is -0.141. The third kappa shape index (κ3) is 3.53. The Kier molecular flexibility index (Phi) is 5.28. The van der Waals surface area contributed by atoms with Crippen molar-refractivity contribution < 1.29 is 20.1 Å². The number of hydrogen-bond acceptors (Lipinski definition) is 4. The Bertz CT molecular complexity index is 483. The summed E-state index contributed by atoms with van der Waals surface area (Å²) in [5.41, 5.74) is 1.40. The second-order valence-electron chi connectivity index (χ2n) is 3.77. The molecule has 1 aromatic carbocycles. The van der Waals surface area contributed by atoms with Gasteiger partial charge in [0, 0.05) is 5.33 Å². The standard InChI is InChI=1S/C12H12BrNO4/c13-5-8-2-1-7(6-14)3-9(8)12(18)10(15)4-11(16)17/h1-3,10,12,15,18H,4-5H2,(H,16,17). The van der Waals surface area contributed by atoms with E-state index in [9.17, 15) is 15.0 Å². The third-order valence-corrected chi connectivity index (χ3v) is 3.09. The molecule has 0 spiro atoms. The van der Waals surface area contributed by atoms with Gasteiger partial charge in [-0.05, 0) is 23.3 Å². The fourth-order valence-corrected chi connectivity index (χ4v) is 2.07. The van der Waals surface area contributed by atoms with Gasteiger partial charge in [-0.2, -0.15) is 5.26 Å². The first-order chi connectivity index (χ1) is 8.49. The highest BCUT2D eigenvalue weighted by molar-refractivity contribution is 9.08. The molecule has 18 heavy (non-hydrogen) atoms. The number of carboxylic acids is 1. The number of carboxylic acid groups (broad SMARTS) is 1. The van der Waals surface area contributed by atoms with Gasteiger partial charge in [-0.3, -0.25) is 4.79 Å². The lowest BCUT2D eigenvalue weighted by Crippen LogP contribution is -2.22. The number of aliphatic carboxylic acids is 1. The van der Waals surface area contributed by atoms with Crippen LogP contribution >= 0.6 is 15.9 Å². The maximum Gasteiger partial charge on any atom is 0.306 e. The predicted octanol–water partition coefficient (Wildman–Crippen LogP) is 1.32. The summed E-state index contributed by atoms with van der Waals surface area (Å²) in [6.45, 7) is 0. The fourth-order valence-electron chi connectivity index (χ4n) is 1.56. The Morgan fingerprint density at radius 1 is 1.44 bits per heavy atom. The maximum absolute atomic E-state index is 10.5. The first-order valence-corrected chi connectivity index (χ1v) is 6.28. The molecule has 0 aromatic heterocycles. The summed E-state index contributed by atoms with van der Waals surface area (Å²) in [7, 11) is 0. The molecule has 0 radical (unpaired) electrons. The first-order valence-electron chi connectivity index (χ1n) is 5.16. The minimum atomic E-state index is -1.41. The molecule has 0 heterocycles. The number of hydrogen-bond donors (Lipinski definition) is 3. The summed E-state index contributed by atoms with van der Waals surface area (Å²) in [5, 5.41) is 37.3. The van der Waals surface area contributed by atoms with Crippen molar-refractivity contribution in [1.29, 1.82) is 5.26 Å². The summed E-state index contributed by atoms with van der Waals surface area (Å²) < 4.78 is 0. The zero-order chi connectivity index (χ0) is 13.7. The van der Waals surface area contributed by atoms with Crippen LogP contribution in [0.4, 0.5) is 0 Å². The molecule has 0 aliphatic carbocycles. The van der Waals surface area contributed by atoms with Crippen molar-refractivity contribution in [2.24, 2.45) is 0 Å². The SMILES string of the molecule is N#Cc1ccc(CBr)c(C(O)C(O)CC(=O)O)c1. The molecule has 3 N–H and O–H groups in total. The molecule has 2 atom stereocenters. The van der Waals surface area contributed by atoms with Gasteiger partial charge in [0.2, 0.25) is 0 Å². The molecule has 1 aromatic rings. The zero-order valence-corrected chi connectivity index (χ0v) is 11.0. The number of rotatable bonds is 5. The minimum Gasteiger partial charge on any atom is -0.481 e. The molecule has 0 saturated heterocycles. The topological polar surface area (TPSA) is 102 Å². The van der Waals surface area contributed by atoms with Crippen molar-refractivity contribution in [3.05, 3.63) is 34.9 Å². The zero-order valence-electron chi connectivity index (χ0n) is 9.38. The van der Waals surface area contributed by atoms with Crippen molar-refractivity contribution in [3.8, 4) is 6.07 Å². The molecule has 0 amide bonds. The Hall–Kier alpha value is -1.42. The highest BCUT2D eigenvalue weighted by Gasteiger charge is 2.23. The maximum atomic E-state index is 10.5. The molecule has 0 fully saturated rings. The molecule has 2 unspecified atom stereocenters. The van der Waals surface area contributed by atoms with Crippen LogP contribution in [0.3, 0.4) is 0 Å². The molecule has 6 heteroatoms. The van der Waals surface area contributed by atoms with E-state index < -0.39 is 24.6 Å². The number of halogens is 1.